The maximum atomic E-state index is 12.1. The Balaban J connectivity index is 0.00000264. The predicted octanol–water partition coefficient (Wildman–Crippen LogP) is 1.86. The fourth-order valence-corrected chi connectivity index (χ4v) is 3.31. The second-order valence-electron chi connectivity index (χ2n) is 6.06. The van der Waals surface area contributed by atoms with Gasteiger partial charge in [0, 0.05) is 26.3 Å². The van der Waals surface area contributed by atoms with Crippen LogP contribution in [-0.2, 0) is 21.2 Å². The Morgan fingerprint density at radius 1 is 1.30 bits per heavy atom. The van der Waals surface area contributed by atoms with Gasteiger partial charge in [-0.05, 0) is 49.5 Å². The molecule has 0 radical (unpaired) electrons. The first-order valence-corrected chi connectivity index (χ1v) is 9.49. The SMILES string of the molecule is CN(Cc1ccc(S(C)(=O)=O)cc1)C(=O)CCC1CCNC1.Cl. The summed E-state index contributed by atoms with van der Waals surface area (Å²) in [5.41, 5.74) is 0.936. The van der Waals surface area contributed by atoms with E-state index in [1.807, 2.05) is 0 Å². The van der Waals surface area contributed by atoms with Gasteiger partial charge in [-0.15, -0.1) is 12.4 Å². The molecule has 1 amide bonds. The summed E-state index contributed by atoms with van der Waals surface area (Å²) in [6.07, 6.45) is 3.85. The smallest absolute Gasteiger partial charge is 0.222 e. The van der Waals surface area contributed by atoms with Crippen LogP contribution < -0.4 is 5.32 Å². The van der Waals surface area contributed by atoms with Crippen molar-refractivity contribution in [2.45, 2.75) is 30.7 Å². The lowest BCUT2D eigenvalue weighted by Gasteiger charge is -2.18. The molecule has 0 bridgehead atoms. The van der Waals surface area contributed by atoms with Gasteiger partial charge in [-0.2, -0.15) is 0 Å². The molecule has 7 heteroatoms. The Kier molecular flexibility index (Phi) is 7.51. The molecule has 1 aliphatic heterocycles. The lowest BCUT2D eigenvalue weighted by atomic mass is 10.0. The van der Waals surface area contributed by atoms with Gasteiger partial charge in [-0.1, -0.05) is 12.1 Å². The van der Waals surface area contributed by atoms with Crippen LogP contribution in [0.4, 0.5) is 0 Å². The molecule has 0 saturated carbocycles. The summed E-state index contributed by atoms with van der Waals surface area (Å²) in [6.45, 7) is 2.58. The molecule has 5 nitrogen and oxygen atoms in total. The van der Waals surface area contributed by atoms with E-state index in [0.29, 0.717) is 23.8 Å². The Hall–Kier alpha value is -1.11. The van der Waals surface area contributed by atoms with Crippen LogP contribution in [0.5, 0.6) is 0 Å². The second kappa shape index (κ2) is 8.66. The molecule has 0 aromatic heterocycles. The molecule has 1 aromatic rings. The standard InChI is InChI=1S/C16H24N2O3S.ClH/c1-18(16(19)8-5-13-9-10-17-11-13)12-14-3-6-15(7-4-14)22(2,20)21;/h3-4,6-7,13,17H,5,8-12H2,1-2H3;1H. The van der Waals surface area contributed by atoms with Gasteiger partial charge in [0.05, 0.1) is 4.90 Å². The van der Waals surface area contributed by atoms with Crippen LogP contribution in [0.2, 0.25) is 0 Å². The van der Waals surface area contributed by atoms with Gasteiger partial charge in [-0.25, -0.2) is 8.42 Å². The van der Waals surface area contributed by atoms with Gasteiger partial charge in [0.25, 0.3) is 0 Å². The average Bonchev–Trinajstić information content (AvgIpc) is 2.97. The molecule has 23 heavy (non-hydrogen) atoms. The average molecular weight is 361 g/mol. The minimum absolute atomic E-state index is 0. The van der Waals surface area contributed by atoms with Crippen molar-refractivity contribution in [1.29, 1.82) is 0 Å². The van der Waals surface area contributed by atoms with Crippen LogP contribution in [0, 0.1) is 5.92 Å². The molecule has 0 aliphatic carbocycles. The van der Waals surface area contributed by atoms with Gasteiger partial charge in [-0.3, -0.25) is 4.79 Å². The van der Waals surface area contributed by atoms with Crippen molar-refractivity contribution in [3.05, 3.63) is 29.8 Å². The summed E-state index contributed by atoms with van der Waals surface area (Å²) in [6, 6.07) is 6.71. The molecular formula is C16H25ClN2O3S. The molecule has 2 rings (SSSR count). The van der Waals surface area contributed by atoms with E-state index in [9.17, 15) is 13.2 Å². The number of hydrogen-bond acceptors (Lipinski definition) is 4. The lowest BCUT2D eigenvalue weighted by Crippen LogP contribution is -2.26. The van der Waals surface area contributed by atoms with Crippen LogP contribution in [0.3, 0.4) is 0 Å². The number of carbonyl (C=O) groups excluding carboxylic acids is 1. The molecule has 1 N–H and O–H groups in total. The zero-order chi connectivity index (χ0) is 16.2. The highest BCUT2D eigenvalue weighted by Gasteiger charge is 2.17. The topological polar surface area (TPSA) is 66.5 Å². The van der Waals surface area contributed by atoms with E-state index in [1.54, 1.807) is 36.2 Å². The van der Waals surface area contributed by atoms with Crippen LogP contribution in [0.25, 0.3) is 0 Å². The van der Waals surface area contributed by atoms with E-state index in [4.69, 9.17) is 0 Å². The van der Waals surface area contributed by atoms with Crippen molar-refractivity contribution in [3.63, 3.8) is 0 Å². The number of halogens is 1. The number of benzene rings is 1. The molecule has 1 heterocycles. The molecule has 0 spiro atoms. The highest BCUT2D eigenvalue weighted by Crippen LogP contribution is 2.16. The largest absolute Gasteiger partial charge is 0.341 e. The number of nitrogens with zero attached hydrogens (tertiary/aromatic N) is 1. The Bertz CT molecular complexity index is 611. The fraction of sp³-hybridized carbons (Fsp3) is 0.562. The van der Waals surface area contributed by atoms with E-state index < -0.39 is 9.84 Å². The summed E-state index contributed by atoms with van der Waals surface area (Å²) in [5, 5.41) is 3.31. The highest BCUT2D eigenvalue weighted by atomic mass is 35.5. The molecule has 1 fully saturated rings. The number of nitrogens with one attached hydrogen (secondary N) is 1. The van der Waals surface area contributed by atoms with Crippen LogP contribution in [-0.4, -0.2) is 45.6 Å². The van der Waals surface area contributed by atoms with Crippen molar-refractivity contribution in [3.8, 4) is 0 Å². The van der Waals surface area contributed by atoms with Gasteiger partial charge in [0.15, 0.2) is 9.84 Å². The molecule has 130 valence electrons. The van der Waals surface area contributed by atoms with Gasteiger partial charge >= 0.3 is 0 Å². The third-order valence-corrected chi connectivity index (χ3v) is 5.25. The summed E-state index contributed by atoms with van der Waals surface area (Å²) in [5.74, 6) is 0.755. The first kappa shape index (κ1) is 19.9. The predicted molar refractivity (Wildman–Crippen MR) is 93.5 cm³/mol. The van der Waals surface area contributed by atoms with E-state index in [1.165, 1.54) is 6.26 Å². The van der Waals surface area contributed by atoms with Gasteiger partial charge in [0.2, 0.25) is 5.91 Å². The maximum Gasteiger partial charge on any atom is 0.222 e. The molecule has 1 aromatic carbocycles. The number of carbonyl (C=O) groups is 1. The second-order valence-corrected chi connectivity index (χ2v) is 8.08. The summed E-state index contributed by atoms with van der Waals surface area (Å²) < 4.78 is 22.8. The van der Waals surface area contributed by atoms with Crippen LogP contribution in [0.15, 0.2) is 29.2 Å². The van der Waals surface area contributed by atoms with E-state index in [2.05, 4.69) is 5.32 Å². The number of amides is 1. The zero-order valence-electron chi connectivity index (χ0n) is 13.6. The minimum Gasteiger partial charge on any atom is -0.341 e. The molecule has 1 unspecified atom stereocenters. The van der Waals surface area contributed by atoms with Crippen molar-refractivity contribution in [1.82, 2.24) is 10.2 Å². The Morgan fingerprint density at radius 2 is 1.96 bits per heavy atom. The van der Waals surface area contributed by atoms with Gasteiger partial charge in [0.1, 0.15) is 0 Å². The van der Waals surface area contributed by atoms with Crippen LogP contribution >= 0.6 is 12.4 Å². The van der Waals surface area contributed by atoms with Crippen molar-refractivity contribution >= 4 is 28.2 Å². The quantitative estimate of drug-likeness (QED) is 0.840. The molecular weight excluding hydrogens is 336 g/mol. The third-order valence-electron chi connectivity index (χ3n) is 4.13. The third kappa shape index (κ3) is 6.12. The first-order valence-electron chi connectivity index (χ1n) is 7.60. The number of hydrogen-bond donors (Lipinski definition) is 1. The number of rotatable bonds is 6. The summed E-state index contributed by atoms with van der Waals surface area (Å²) in [4.78, 5) is 14.2. The van der Waals surface area contributed by atoms with Gasteiger partial charge < -0.3 is 10.2 Å². The lowest BCUT2D eigenvalue weighted by molar-refractivity contribution is -0.130. The minimum atomic E-state index is -3.17. The maximum absolute atomic E-state index is 12.1. The summed E-state index contributed by atoms with van der Waals surface area (Å²) in [7, 11) is -1.38. The molecule has 1 aliphatic rings. The van der Waals surface area contributed by atoms with Crippen molar-refractivity contribution < 1.29 is 13.2 Å². The fourth-order valence-electron chi connectivity index (χ4n) is 2.68. The van der Waals surface area contributed by atoms with E-state index in [-0.39, 0.29) is 18.3 Å². The summed E-state index contributed by atoms with van der Waals surface area (Å²) >= 11 is 0. The van der Waals surface area contributed by atoms with Crippen molar-refractivity contribution in [2.24, 2.45) is 5.92 Å². The molecule has 1 atom stereocenters. The zero-order valence-corrected chi connectivity index (χ0v) is 15.3. The van der Waals surface area contributed by atoms with E-state index >= 15 is 0 Å². The Morgan fingerprint density at radius 3 is 2.48 bits per heavy atom. The number of sulfone groups is 1. The Labute approximate surface area is 144 Å². The monoisotopic (exact) mass is 360 g/mol. The molecule has 1 saturated heterocycles. The van der Waals surface area contributed by atoms with Crippen LogP contribution in [0.1, 0.15) is 24.8 Å². The highest BCUT2D eigenvalue weighted by molar-refractivity contribution is 7.90. The van der Waals surface area contributed by atoms with Crippen molar-refractivity contribution in [2.75, 3.05) is 26.4 Å². The first-order chi connectivity index (χ1) is 10.4. The normalized spacial score (nSPS) is 17.6. The van der Waals surface area contributed by atoms with E-state index in [0.717, 1.165) is 31.5 Å².